The molecule has 2 N–H and O–H groups in total. The monoisotopic (exact) mass is 389 g/mol. The maximum absolute atomic E-state index is 12.7. The summed E-state index contributed by atoms with van der Waals surface area (Å²) in [5.41, 5.74) is 3.19. The van der Waals surface area contributed by atoms with Gasteiger partial charge in [-0.2, -0.15) is 9.78 Å². The van der Waals surface area contributed by atoms with E-state index >= 15 is 0 Å². The highest BCUT2D eigenvalue weighted by Gasteiger charge is 2.17. The van der Waals surface area contributed by atoms with Crippen molar-refractivity contribution < 1.29 is 4.79 Å². The number of benzene rings is 1. The van der Waals surface area contributed by atoms with Gasteiger partial charge in [-0.25, -0.2) is 9.97 Å². The van der Waals surface area contributed by atoms with Gasteiger partial charge in [0, 0.05) is 17.3 Å². The van der Waals surface area contributed by atoms with Crippen molar-refractivity contribution in [2.75, 3.05) is 5.32 Å². The lowest BCUT2D eigenvalue weighted by Crippen LogP contribution is -2.22. The van der Waals surface area contributed by atoms with Crippen LogP contribution in [-0.2, 0) is 6.42 Å². The lowest BCUT2D eigenvalue weighted by atomic mass is 10.2. The van der Waals surface area contributed by atoms with Crippen molar-refractivity contribution in [3.63, 3.8) is 0 Å². The normalized spacial score (nSPS) is 11.0. The largest absolute Gasteiger partial charge is 0.305 e. The molecule has 3 aromatic heterocycles. The summed E-state index contributed by atoms with van der Waals surface area (Å²) in [7, 11) is 0. The van der Waals surface area contributed by atoms with Gasteiger partial charge in [-0.1, -0.05) is 19.1 Å². The summed E-state index contributed by atoms with van der Waals surface area (Å²) < 4.78 is 1.40. The number of aryl methyl sites for hydroxylation is 2. The third-order valence-corrected chi connectivity index (χ3v) is 4.52. The van der Waals surface area contributed by atoms with Crippen molar-refractivity contribution in [3.8, 4) is 5.95 Å². The molecule has 9 heteroatoms. The Hall–Kier alpha value is -3.88. The fraction of sp³-hybridized carbons (Fsp3) is 0.200. The molecule has 29 heavy (non-hydrogen) atoms. The summed E-state index contributed by atoms with van der Waals surface area (Å²) in [4.78, 5) is 40.8. The number of fused-ring (bicyclic) bond motifs is 1. The SMILES string of the molecule is CCc1c(C)nc(-n2nc(C)cc2NC(=O)c2cnc3ccccc3n2)[nH]c1=O. The number of nitrogens with zero attached hydrogens (tertiary/aromatic N) is 5. The first-order valence-corrected chi connectivity index (χ1v) is 9.16. The highest BCUT2D eigenvalue weighted by Crippen LogP contribution is 2.16. The van der Waals surface area contributed by atoms with Crippen molar-refractivity contribution in [1.82, 2.24) is 29.7 Å². The molecule has 0 radical (unpaired) electrons. The zero-order chi connectivity index (χ0) is 20.5. The number of carbonyl (C=O) groups is 1. The first-order chi connectivity index (χ1) is 14.0. The number of hydrogen-bond acceptors (Lipinski definition) is 6. The second-order valence-electron chi connectivity index (χ2n) is 6.59. The van der Waals surface area contributed by atoms with E-state index in [9.17, 15) is 9.59 Å². The third-order valence-electron chi connectivity index (χ3n) is 4.52. The second-order valence-corrected chi connectivity index (χ2v) is 6.59. The minimum absolute atomic E-state index is 0.174. The number of carbonyl (C=O) groups excluding carboxylic acids is 1. The van der Waals surface area contributed by atoms with Crippen LogP contribution in [0.5, 0.6) is 0 Å². The molecule has 0 aliphatic carbocycles. The molecule has 0 spiro atoms. The van der Waals surface area contributed by atoms with Gasteiger partial charge in [-0.15, -0.1) is 0 Å². The van der Waals surface area contributed by atoms with Gasteiger partial charge in [-0.05, 0) is 32.4 Å². The van der Waals surface area contributed by atoms with Crippen LogP contribution in [0.15, 0.2) is 41.3 Å². The molecule has 146 valence electrons. The van der Waals surface area contributed by atoms with Gasteiger partial charge >= 0.3 is 0 Å². The van der Waals surface area contributed by atoms with E-state index in [0.717, 1.165) is 0 Å². The van der Waals surface area contributed by atoms with Crippen LogP contribution in [0.1, 0.15) is 34.4 Å². The van der Waals surface area contributed by atoms with Crippen molar-refractivity contribution >= 4 is 22.8 Å². The van der Waals surface area contributed by atoms with Crippen LogP contribution < -0.4 is 10.9 Å². The summed E-state index contributed by atoms with van der Waals surface area (Å²) in [6.45, 7) is 5.46. The second kappa shape index (κ2) is 7.27. The molecule has 0 fully saturated rings. The maximum Gasteiger partial charge on any atom is 0.277 e. The maximum atomic E-state index is 12.7. The van der Waals surface area contributed by atoms with E-state index in [-0.39, 0.29) is 17.2 Å². The van der Waals surface area contributed by atoms with Gasteiger partial charge in [0.1, 0.15) is 11.5 Å². The number of amides is 1. The van der Waals surface area contributed by atoms with E-state index in [1.54, 1.807) is 26.0 Å². The number of anilines is 1. The number of hydrogen-bond donors (Lipinski definition) is 2. The molecule has 1 amide bonds. The zero-order valence-electron chi connectivity index (χ0n) is 16.2. The van der Waals surface area contributed by atoms with E-state index in [2.05, 4.69) is 30.4 Å². The summed E-state index contributed by atoms with van der Waals surface area (Å²) >= 11 is 0. The number of aromatic amines is 1. The first-order valence-electron chi connectivity index (χ1n) is 9.16. The molecule has 4 aromatic rings. The molecule has 0 bridgehead atoms. The fourth-order valence-corrected chi connectivity index (χ4v) is 3.11. The van der Waals surface area contributed by atoms with Crippen LogP contribution in [0, 0.1) is 13.8 Å². The van der Waals surface area contributed by atoms with Crippen LogP contribution in [0.3, 0.4) is 0 Å². The fourth-order valence-electron chi connectivity index (χ4n) is 3.11. The number of rotatable bonds is 4. The Kier molecular flexibility index (Phi) is 4.63. The van der Waals surface area contributed by atoms with Gasteiger partial charge in [0.15, 0.2) is 0 Å². The van der Waals surface area contributed by atoms with E-state index in [1.807, 2.05) is 25.1 Å². The number of para-hydroxylation sites is 2. The Morgan fingerprint density at radius 3 is 2.66 bits per heavy atom. The van der Waals surface area contributed by atoms with Crippen molar-refractivity contribution in [2.24, 2.45) is 0 Å². The number of aromatic nitrogens is 6. The molecular formula is C20H19N7O2. The van der Waals surface area contributed by atoms with Crippen LogP contribution in [0.2, 0.25) is 0 Å². The number of nitrogens with one attached hydrogen (secondary N) is 2. The van der Waals surface area contributed by atoms with Gasteiger partial charge < -0.3 is 5.32 Å². The highest BCUT2D eigenvalue weighted by atomic mass is 16.2. The van der Waals surface area contributed by atoms with Gasteiger partial charge in [0.05, 0.1) is 22.9 Å². The molecule has 0 saturated heterocycles. The van der Waals surface area contributed by atoms with Gasteiger partial charge in [0.2, 0.25) is 5.95 Å². The first kappa shape index (κ1) is 18.5. The average Bonchev–Trinajstić information content (AvgIpc) is 3.07. The molecule has 1 aromatic carbocycles. The van der Waals surface area contributed by atoms with Gasteiger partial charge in [0.25, 0.3) is 11.5 Å². The molecule has 4 rings (SSSR count). The van der Waals surface area contributed by atoms with E-state index < -0.39 is 5.91 Å². The van der Waals surface area contributed by atoms with Crippen molar-refractivity contribution in [2.45, 2.75) is 27.2 Å². The lowest BCUT2D eigenvalue weighted by molar-refractivity contribution is 0.102. The Balaban J connectivity index is 1.70. The molecule has 0 atom stereocenters. The lowest BCUT2D eigenvalue weighted by Gasteiger charge is -2.10. The summed E-state index contributed by atoms with van der Waals surface area (Å²) in [5.74, 6) is 0.167. The van der Waals surface area contributed by atoms with Crippen LogP contribution in [0.4, 0.5) is 5.82 Å². The average molecular weight is 389 g/mol. The standard InChI is InChI=1S/C20H19N7O2/c1-4-13-12(3)22-20(25-18(13)28)27-17(9-11(2)26-27)24-19(29)16-10-21-14-7-5-6-8-15(14)23-16/h5-10H,4H2,1-3H3,(H,24,29)(H,22,25,28). The molecule has 0 unspecified atom stereocenters. The minimum atomic E-state index is -0.436. The smallest absolute Gasteiger partial charge is 0.277 e. The van der Waals surface area contributed by atoms with Crippen LogP contribution in [-0.4, -0.2) is 35.6 Å². The number of H-pyrrole nitrogens is 1. The predicted octanol–water partition coefficient (Wildman–Crippen LogP) is 2.33. The summed E-state index contributed by atoms with van der Waals surface area (Å²) in [5, 5.41) is 7.12. The van der Waals surface area contributed by atoms with E-state index in [0.29, 0.717) is 40.2 Å². The molecular weight excluding hydrogens is 370 g/mol. The topological polar surface area (TPSA) is 118 Å². The van der Waals surface area contributed by atoms with E-state index in [1.165, 1.54) is 10.9 Å². The van der Waals surface area contributed by atoms with Crippen LogP contribution in [0.25, 0.3) is 17.0 Å². The quantitative estimate of drug-likeness (QED) is 0.553. The van der Waals surface area contributed by atoms with Crippen LogP contribution >= 0.6 is 0 Å². The predicted molar refractivity (Wildman–Crippen MR) is 108 cm³/mol. The molecule has 0 aliphatic heterocycles. The summed E-state index contributed by atoms with van der Waals surface area (Å²) in [6.07, 6.45) is 2.00. The Morgan fingerprint density at radius 1 is 1.17 bits per heavy atom. The zero-order valence-corrected chi connectivity index (χ0v) is 16.2. The molecule has 0 saturated carbocycles. The third kappa shape index (κ3) is 3.49. The molecule has 3 heterocycles. The Morgan fingerprint density at radius 2 is 1.93 bits per heavy atom. The minimum Gasteiger partial charge on any atom is -0.305 e. The van der Waals surface area contributed by atoms with Crippen molar-refractivity contribution in [1.29, 1.82) is 0 Å². The molecule has 0 aliphatic rings. The Bertz CT molecular complexity index is 1290. The highest BCUT2D eigenvalue weighted by molar-refractivity contribution is 6.03. The van der Waals surface area contributed by atoms with Gasteiger partial charge in [-0.3, -0.25) is 19.6 Å². The Labute approximate surface area is 165 Å². The van der Waals surface area contributed by atoms with Crippen molar-refractivity contribution in [3.05, 3.63) is 69.5 Å². The molecule has 9 nitrogen and oxygen atoms in total. The summed E-state index contributed by atoms with van der Waals surface area (Å²) in [6, 6.07) is 9.00. The van der Waals surface area contributed by atoms with E-state index in [4.69, 9.17) is 0 Å².